The molecule has 0 radical (unpaired) electrons. The van der Waals surface area contributed by atoms with E-state index in [1.807, 2.05) is 84.4 Å². The third-order valence-electron chi connectivity index (χ3n) is 8.25. The van der Waals surface area contributed by atoms with Gasteiger partial charge in [-0.05, 0) is 29.8 Å². The fraction of sp³-hybridized carbons (Fsp3) is 0.343. The number of nitrogens with zero attached hydrogens (tertiary/aromatic N) is 3. The van der Waals surface area contributed by atoms with E-state index in [1.165, 1.54) is 9.80 Å². The number of hydrogen-bond donors (Lipinski definition) is 2. The van der Waals surface area contributed by atoms with Gasteiger partial charge in [-0.15, -0.1) is 0 Å². The van der Waals surface area contributed by atoms with Crippen molar-refractivity contribution in [2.75, 3.05) is 34.4 Å². The second kappa shape index (κ2) is 14.5. The number of methoxy groups -OCH3 is 2. The summed E-state index contributed by atoms with van der Waals surface area (Å²) in [6, 6.07) is 20.2. The molecule has 1 aromatic heterocycles. The van der Waals surface area contributed by atoms with Crippen molar-refractivity contribution >= 4 is 28.6 Å². The van der Waals surface area contributed by atoms with Gasteiger partial charge in [0.25, 0.3) is 5.91 Å². The average Bonchev–Trinajstić information content (AvgIpc) is 3.63. The van der Waals surface area contributed by atoms with Crippen LogP contribution in [0.3, 0.4) is 0 Å². The predicted octanol–water partition coefficient (Wildman–Crippen LogP) is 3.13. The summed E-state index contributed by atoms with van der Waals surface area (Å²) in [6.07, 6.45) is 0.893. The van der Waals surface area contributed by atoms with E-state index in [4.69, 9.17) is 14.2 Å². The second-order valence-corrected chi connectivity index (χ2v) is 11.5. The number of β-amino-alcohol motifs (C(OH)–C–C–N with tert-alkyl or cyclic N) is 1. The zero-order valence-electron chi connectivity index (χ0n) is 26.5. The number of aliphatic hydroxyl groups is 1. The molecule has 46 heavy (non-hydrogen) atoms. The first-order valence-electron chi connectivity index (χ1n) is 15.1. The lowest BCUT2D eigenvalue weighted by molar-refractivity contribution is -0.138. The number of hydrogen-bond acceptors (Lipinski definition) is 7. The molecule has 5 rings (SSSR count). The van der Waals surface area contributed by atoms with Crippen LogP contribution >= 0.6 is 0 Å². The Morgan fingerprint density at radius 2 is 1.78 bits per heavy atom. The molecule has 3 unspecified atom stereocenters. The van der Waals surface area contributed by atoms with Crippen LogP contribution in [-0.4, -0.2) is 89.8 Å². The van der Waals surface area contributed by atoms with E-state index in [-0.39, 0.29) is 44.5 Å². The monoisotopic (exact) mass is 628 g/mol. The van der Waals surface area contributed by atoms with Crippen molar-refractivity contribution in [3.63, 3.8) is 0 Å². The summed E-state index contributed by atoms with van der Waals surface area (Å²) in [6.45, 7) is 0.295. The third kappa shape index (κ3) is 7.16. The van der Waals surface area contributed by atoms with Crippen LogP contribution in [0.5, 0.6) is 11.5 Å². The maximum absolute atomic E-state index is 13.8. The molecular formula is C35H40N4O7. The molecule has 11 heteroatoms. The Balaban J connectivity index is 1.35. The van der Waals surface area contributed by atoms with Gasteiger partial charge < -0.3 is 39.0 Å². The standard InChI is InChI=1S/C35H40N4O7/c1-37-20-28(27-13-6-7-14-30(27)37)34(42)39-19-25(40)17-31(39)33(41)36-29(22-46-21-23-10-9-12-26(16-23)44-3)35(43)38(2)18-24-11-5-8-15-32(24)45-4/h5-16,20,25,29,31,40H,17-19,21-22H2,1-4H3,(H,36,41). The van der Waals surface area contributed by atoms with E-state index in [9.17, 15) is 19.5 Å². The van der Waals surface area contributed by atoms with E-state index >= 15 is 0 Å². The molecule has 3 amide bonds. The molecule has 1 fully saturated rings. The Kier molecular flexibility index (Phi) is 10.2. The highest BCUT2D eigenvalue weighted by molar-refractivity contribution is 6.08. The lowest BCUT2D eigenvalue weighted by Crippen LogP contribution is -2.54. The molecule has 0 spiro atoms. The molecule has 11 nitrogen and oxygen atoms in total. The molecule has 0 saturated carbocycles. The molecule has 0 aliphatic carbocycles. The molecule has 1 aliphatic rings. The summed E-state index contributed by atoms with van der Waals surface area (Å²) in [4.78, 5) is 44.4. The lowest BCUT2D eigenvalue weighted by atomic mass is 10.1. The first-order chi connectivity index (χ1) is 22.2. The van der Waals surface area contributed by atoms with Crippen LogP contribution in [0.15, 0.2) is 79.0 Å². The van der Waals surface area contributed by atoms with Crippen molar-refractivity contribution < 1.29 is 33.7 Å². The van der Waals surface area contributed by atoms with Gasteiger partial charge in [-0.3, -0.25) is 14.4 Å². The molecule has 2 heterocycles. The quantitative estimate of drug-likeness (QED) is 0.247. The van der Waals surface area contributed by atoms with Gasteiger partial charge in [0.05, 0.1) is 39.1 Å². The van der Waals surface area contributed by atoms with Crippen LogP contribution in [0, 0.1) is 0 Å². The minimum absolute atomic E-state index is 0.00119. The highest BCUT2D eigenvalue weighted by Crippen LogP contribution is 2.27. The van der Waals surface area contributed by atoms with Crippen molar-refractivity contribution in [2.45, 2.75) is 37.8 Å². The van der Waals surface area contributed by atoms with Crippen LogP contribution in [0.1, 0.15) is 27.9 Å². The van der Waals surface area contributed by atoms with Crippen LogP contribution in [0.4, 0.5) is 0 Å². The van der Waals surface area contributed by atoms with Gasteiger partial charge in [0, 0.05) is 56.3 Å². The van der Waals surface area contributed by atoms with E-state index < -0.39 is 24.1 Å². The van der Waals surface area contributed by atoms with Crippen LogP contribution in [0.2, 0.25) is 0 Å². The number of aromatic nitrogens is 1. The van der Waals surface area contributed by atoms with E-state index in [1.54, 1.807) is 27.5 Å². The minimum atomic E-state index is -1.06. The molecular weight excluding hydrogens is 588 g/mol. The first-order valence-corrected chi connectivity index (χ1v) is 15.1. The molecule has 2 N–H and O–H groups in total. The molecule has 3 aromatic carbocycles. The number of benzene rings is 3. The molecule has 4 aromatic rings. The van der Waals surface area contributed by atoms with Crippen molar-refractivity contribution in [2.24, 2.45) is 7.05 Å². The minimum Gasteiger partial charge on any atom is -0.497 e. The Labute approximate surface area is 268 Å². The number of amides is 3. The van der Waals surface area contributed by atoms with Gasteiger partial charge in [0.2, 0.25) is 11.8 Å². The smallest absolute Gasteiger partial charge is 0.256 e. The van der Waals surface area contributed by atoms with Crippen LogP contribution in [-0.2, 0) is 34.5 Å². The van der Waals surface area contributed by atoms with Gasteiger partial charge in [0.1, 0.15) is 23.6 Å². The van der Waals surface area contributed by atoms with Gasteiger partial charge in [-0.2, -0.15) is 0 Å². The summed E-state index contributed by atoms with van der Waals surface area (Å²) in [5, 5.41) is 14.2. The summed E-state index contributed by atoms with van der Waals surface area (Å²) in [5.41, 5.74) is 2.96. The average molecular weight is 629 g/mol. The Hall–Kier alpha value is -4.87. The molecule has 1 saturated heterocycles. The maximum Gasteiger partial charge on any atom is 0.256 e. The number of para-hydroxylation sites is 2. The number of ether oxygens (including phenoxy) is 3. The molecule has 3 atom stereocenters. The van der Waals surface area contributed by atoms with Gasteiger partial charge in [-0.1, -0.05) is 48.5 Å². The number of carbonyl (C=O) groups is 3. The Morgan fingerprint density at radius 3 is 2.57 bits per heavy atom. The molecule has 0 bridgehead atoms. The number of rotatable bonds is 12. The summed E-state index contributed by atoms with van der Waals surface area (Å²) in [7, 11) is 6.64. The van der Waals surface area contributed by atoms with E-state index in [2.05, 4.69) is 5.32 Å². The Bertz CT molecular complexity index is 1700. The number of aliphatic hydroxyl groups excluding tert-OH is 1. The van der Waals surface area contributed by atoms with Crippen LogP contribution in [0.25, 0.3) is 10.9 Å². The lowest BCUT2D eigenvalue weighted by Gasteiger charge is -2.28. The topological polar surface area (TPSA) is 123 Å². The predicted molar refractivity (Wildman–Crippen MR) is 172 cm³/mol. The fourth-order valence-electron chi connectivity index (χ4n) is 5.89. The zero-order chi connectivity index (χ0) is 32.8. The van der Waals surface area contributed by atoms with Crippen molar-refractivity contribution in [3.05, 3.63) is 95.7 Å². The molecule has 242 valence electrons. The number of likely N-dealkylation sites (N-methyl/N-ethyl adjacent to an activating group) is 1. The normalized spacial score (nSPS) is 16.7. The number of nitrogens with one attached hydrogen (secondary N) is 1. The van der Waals surface area contributed by atoms with Crippen LogP contribution < -0.4 is 14.8 Å². The maximum atomic E-state index is 13.8. The largest absolute Gasteiger partial charge is 0.497 e. The summed E-state index contributed by atoms with van der Waals surface area (Å²) < 4.78 is 18.6. The number of likely N-dealkylation sites (tertiary alicyclic amines) is 1. The van der Waals surface area contributed by atoms with Crippen molar-refractivity contribution in [1.29, 1.82) is 0 Å². The Morgan fingerprint density at radius 1 is 1.02 bits per heavy atom. The second-order valence-electron chi connectivity index (χ2n) is 11.5. The molecule has 1 aliphatic heterocycles. The fourth-order valence-corrected chi connectivity index (χ4v) is 5.89. The number of carbonyl (C=O) groups excluding carboxylic acids is 3. The highest BCUT2D eigenvalue weighted by atomic mass is 16.5. The van der Waals surface area contributed by atoms with Gasteiger partial charge >= 0.3 is 0 Å². The first kappa shape index (κ1) is 32.5. The third-order valence-corrected chi connectivity index (χ3v) is 8.25. The SMILES string of the molecule is COc1cccc(COCC(NC(=O)C2CC(O)CN2C(=O)c2cn(C)c3ccccc23)C(=O)N(C)Cc2ccccc2OC)c1. The van der Waals surface area contributed by atoms with E-state index in [0.29, 0.717) is 17.1 Å². The zero-order valence-corrected chi connectivity index (χ0v) is 26.5. The van der Waals surface area contributed by atoms with Crippen molar-refractivity contribution in [1.82, 2.24) is 19.7 Å². The number of fused-ring (bicyclic) bond motifs is 1. The highest BCUT2D eigenvalue weighted by Gasteiger charge is 2.41. The number of aryl methyl sites for hydroxylation is 1. The summed E-state index contributed by atoms with van der Waals surface area (Å²) >= 11 is 0. The van der Waals surface area contributed by atoms with Gasteiger partial charge in [0.15, 0.2) is 0 Å². The van der Waals surface area contributed by atoms with E-state index in [0.717, 1.165) is 22.0 Å². The van der Waals surface area contributed by atoms with Gasteiger partial charge in [-0.25, -0.2) is 0 Å². The summed E-state index contributed by atoms with van der Waals surface area (Å²) in [5.74, 6) is 0.0299. The van der Waals surface area contributed by atoms with Crippen molar-refractivity contribution in [3.8, 4) is 11.5 Å².